The number of phenols is 1. The lowest BCUT2D eigenvalue weighted by Gasteiger charge is -2.31. The van der Waals surface area contributed by atoms with Crippen molar-refractivity contribution in [2.24, 2.45) is 0 Å². The van der Waals surface area contributed by atoms with Crippen LogP contribution in [0.2, 0.25) is 0 Å². The normalized spacial score (nSPS) is 11.7. The zero-order chi connectivity index (χ0) is 25.8. The summed E-state index contributed by atoms with van der Waals surface area (Å²) in [6.45, 7) is 13.9. The topological polar surface area (TPSA) is 46.5 Å². The molecule has 3 rings (SSSR count). The van der Waals surface area contributed by atoms with Crippen molar-refractivity contribution in [1.82, 2.24) is 0 Å². The van der Waals surface area contributed by atoms with E-state index < -0.39 is 0 Å². The Labute approximate surface area is 210 Å². The highest BCUT2D eigenvalue weighted by atomic mass is 16.5. The molecule has 0 bridgehead atoms. The van der Waals surface area contributed by atoms with Crippen molar-refractivity contribution < 1.29 is 14.6 Å². The Bertz CT molecular complexity index is 1150. The van der Waals surface area contributed by atoms with Gasteiger partial charge in [0.05, 0.1) is 0 Å². The molecule has 0 aromatic heterocycles. The van der Waals surface area contributed by atoms with Gasteiger partial charge in [0.1, 0.15) is 11.5 Å². The van der Waals surface area contributed by atoms with E-state index in [1.807, 2.05) is 36.4 Å². The molecule has 0 radical (unpaired) electrons. The van der Waals surface area contributed by atoms with Gasteiger partial charge in [-0.05, 0) is 40.9 Å². The van der Waals surface area contributed by atoms with Crippen molar-refractivity contribution in [3.8, 4) is 11.5 Å². The smallest absolute Gasteiger partial charge is 0.308 e. The van der Waals surface area contributed by atoms with Crippen molar-refractivity contribution in [3.05, 3.63) is 100 Å². The highest BCUT2D eigenvalue weighted by molar-refractivity contribution is 5.76. The minimum absolute atomic E-state index is 0.203. The van der Waals surface area contributed by atoms with Crippen molar-refractivity contribution in [2.45, 2.75) is 72.1 Å². The number of rotatable bonds is 6. The fraction of sp³-hybridized carbons (Fsp3) is 0.344. The molecule has 35 heavy (non-hydrogen) atoms. The van der Waals surface area contributed by atoms with Gasteiger partial charge >= 0.3 is 5.97 Å². The summed E-state index contributed by atoms with van der Waals surface area (Å²) in [5, 5.41) is 11.4. The predicted octanol–water partition coefficient (Wildman–Crippen LogP) is 7.78. The van der Waals surface area contributed by atoms with Crippen LogP contribution >= 0.6 is 0 Å². The van der Waals surface area contributed by atoms with E-state index in [2.05, 4.69) is 71.9 Å². The number of carbonyl (C=O) groups is 1. The molecule has 3 aromatic rings. The fourth-order valence-electron chi connectivity index (χ4n) is 4.45. The number of allylic oxidation sites excluding steroid dienone is 1. The quantitative estimate of drug-likeness (QED) is 0.295. The molecule has 0 spiro atoms. The van der Waals surface area contributed by atoms with Crippen LogP contribution in [0.3, 0.4) is 0 Å². The maximum Gasteiger partial charge on any atom is 0.308 e. The van der Waals surface area contributed by atoms with Crippen LogP contribution in [0.4, 0.5) is 0 Å². The molecular weight excluding hydrogens is 432 g/mol. The van der Waals surface area contributed by atoms with Gasteiger partial charge in [0.25, 0.3) is 0 Å². The Morgan fingerprint density at radius 3 is 1.71 bits per heavy atom. The lowest BCUT2D eigenvalue weighted by molar-refractivity contribution is -0.132. The van der Waals surface area contributed by atoms with Crippen LogP contribution in [-0.4, -0.2) is 11.1 Å². The summed E-state index contributed by atoms with van der Waals surface area (Å²) in [5.41, 5.74) is 5.26. The van der Waals surface area contributed by atoms with E-state index in [1.165, 1.54) is 23.6 Å². The Balaban J connectivity index is 2.28. The van der Waals surface area contributed by atoms with Gasteiger partial charge in [-0.25, -0.2) is 0 Å². The number of aromatic hydroxyl groups is 1. The van der Waals surface area contributed by atoms with Crippen molar-refractivity contribution >= 4 is 12.0 Å². The van der Waals surface area contributed by atoms with Gasteiger partial charge in [-0.2, -0.15) is 0 Å². The molecule has 0 aliphatic heterocycles. The van der Waals surface area contributed by atoms with Crippen molar-refractivity contribution in [3.63, 3.8) is 0 Å². The third-order valence-electron chi connectivity index (χ3n) is 6.00. The number of hydrogen-bond acceptors (Lipinski definition) is 3. The summed E-state index contributed by atoms with van der Waals surface area (Å²) < 4.78 is 5.86. The Morgan fingerprint density at radius 2 is 1.31 bits per heavy atom. The Hall–Kier alpha value is -3.33. The van der Waals surface area contributed by atoms with E-state index in [0.29, 0.717) is 11.3 Å². The maximum absolute atomic E-state index is 12.2. The predicted molar refractivity (Wildman–Crippen MR) is 145 cm³/mol. The van der Waals surface area contributed by atoms with Gasteiger partial charge in [-0.1, -0.05) is 114 Å². The molecule has 0 atom stereocenters. The maximum atomic E-state index is 12.2. The molecule has 0 unspecified atom stereocenters. The summed E-state index contributed by atoms with van der Waals surface area (Å²) in [6.07, 6.45) is 3.60. The highest BCUT2D eigenvalue weighted by Crippen LogP contribution is 2.46. The summed E-state index contributed by atoms with van der Waals surface area (Å²) in [5.74, 6) is 0.394. The molecule has 0 aliphatic carbocycles. The molecule has 0 aliphatic rings. The lowest BCUT2D eigenvalue weighted by Crippen LogP contribution is -2.22. The molecule has 0 heterocycles. The van der Waals surface area contributed by atoms with Gasteiger partial charge in [0.2, 0.25) is 0 Å². The monoisotopic (exact) mass is 470 g/mol. The van der Waals surface area contributed by atoms with Crippen LogP contribution in [0.1, 0.15) is 76.3 Å². The highest BCUT2D eigenvalue weighted by Gasteiger charge is 2.32. The molecule has 0 fully saturated rings. The first-order valence-electron chi connectivity index (χ1n) is 12.2. The molecule has 3 heteroatoms. The van der Waals surface area contributed by atoms with Crippen molar-refractivity contribution in [1.29, 1.82) is 0 Å². The van der Waals surface area contributed by atoms with Crippen LogP contribution in [0.15, 0.2) is 72.3 Å². The first-order chi connectivity index (χ1) is 16.4. The molecule has 0 saturated carbocycles. The first kappa shape index (κ1) is 26.3. The second-order valence-corrected chi connectivity index (χ2v) is 11.3. The Kier molecular flexibility index (Phi) is 7.90. The summed E-state index contributed by atoms with van der Waals surface area (Å²) >= 11 is 0. The third kappa shape index (κ3) is 6.85. The van der Waals surface area contributed by atoms with Crippen molar-refractivity contribution in [2.75, 3.05) is 0 Å². The third-order valence-corrected chi connectivity index (χ3v) is 6.00. The lowest BCUT2D eigenvalue weighted by atomic mass is 9.76. The Morgan fingerprint density at radius 1 is 0.829 bits per heavy atom. The van der Waals surface area contributed by atoms with Gasteiger partial charge in [0.15, 0.2) is 0 Å². The first-order valence-corrected chi connectivity index (χ1v) is 12.2. The molecule has 0 amide bonds. The number of ether oxygens (including phenoxy) is 1. The van der Waals surface area contributed by atoms with Crippen LogP contribution < -0.4 is 4.74 Å². The number of benzene rings is 3. The minimum atomic E-state index is -0.375. The molecule has 184 valence electrons. The standard InChI is InChI=1S/C32H38O3/c1-22(33)35-30-27(31(2,3)4)21-28(34)26(29(30)32(5,6)7)20-25(18-23-14-10-8-11-15-23)19-24-16-12-9-13-17-24/h8-17,20-21,34H,18-19H2,1-7H3. The fourth-order valence-corrected chi connectivity index (χ4v) is 4.45. The van der Waals surface area contributed by atoms with Gasteiger partial charge in [0, 0.05) is 23.6 Å². The number of esters is 1. The number of carbonyl (C=O) groups excluding carboxylic acids is 1. The van der Waals surface area contributed by atoms with E-state index in [9.17, 15) is 9.90 Å². The van der Waals surface area contributed by atoms with Gasteiger partial charge in [-0.3, -0.25) is 4.79 Å². The van der Waals surface area contributed by atoms with E-state index in [0.717, 1.165) is 24.0 Å². The van der Waals surface area contributed by atoms with Gasteiger partial charge in [-0.15, -0.1) is 0 Å². The number of hydrogen-bond donors (Lipinski definition) is 1. The summed E-state index contributed by atoms with van der Waals surface area (Å²) in [6, 6.07) is 22.5. The molecule has 3 aromatic carbocycles. The van der Waals surface area contributed by atoms with Crippen LogP contribution in [0, 0.1) is 0 Å². The van der Waals surface area contributed by atoms with E-state index in [1.54, 1.807) is 6.07 Å². The number of phenolic OH excluding ortho intramolecular Hbond substituents is 1. The summed E-state index contributed by atoms with van der Waals surface area (Å²) in [4.78, 5) is 12.2. The van der Waals surface area contributed by atoms with E-state index in [4.69, 9.17) is 4.74 Å². The minimum Gasteiger partial charge on any atom is -0.507 e. The van der Waals surface area contributed by atoms with E-state index in [-0.39, 0.29) is 22.5 Å². The average molecular weight is 471 g/mol. The molecular formula is C32H38O3. The molecule has 1 N–H and O–H groups in total. The SMILES string of the molecule is CC(=O)Oc1c(C(C)(C)C)cc(O)c(C=C(Cc2ccccc2)Cc2ccccc2)c1C(C)(C)C. The van der Waals surface area contributed by atoms with Gasteiger partial charge < -0.3 is 9.84 Å². The molecule has 3 nitrogen and oxygen atoms in total. The zero-order valence-electron chi connectivity index (χ0n) is 22.1. The van der Waals surface area contributed by atoms with E-state index >= 15 is 0 Å². The second kappa shape index (κ2) is 10.5. The zero-order valence-corrected chi connectivity index (χ0v) is 22.1. The molecule has 0 saturated heterocycles. The average Bonchev–Trinajstić information content (AvgIpc) is 2.75. The van der Waals surface area contributed by atoms with Crippen LogP contribution in [0.25, 0.3) is 6.08 Å². The largest absolute Gasteiger partial charge is 0.507 e. The summed E-state index contributed by atoms with van der Waals surface area (Å²) in [7, 11) is 0. The van der Waals surface area contributed by atoms with Crippen LogP contribution in [-0.2, 0) is 28.5 Å². The second-order valence-electron chi connectivity index (χ2n) is 11.3. The van der Waals surface area contributed by atoms with Crippen LogP contribution in [0.5, 0.6) is 11.5 Å².